The minimum atomic E-state index is 0.443. The van der Waals surface area contributed by atoms with Crippen LogP contribution in [0.5, 0.6) is 0 Å². The number of nitrogens with one attached hydrogen (secondary N) is 1. The standard InChI is InChI=1S/C15H18N2/c1-3-4-7-12(2)17-15-10-5-9-14-13(15)8-6-11-16-14/h3,5-6,8-12,17H,1,4,7H2,2H3. The van der Waals surface area contributed by atoms with Gasteiger partial charge in [0, 0.05) is 23.3 Å². The van der Waals surface area contributed by atoms with Gasteiger partial charge in [-0.1, -0.05) is 12.1 Å². The first-order valence-corrected chi connectivity index (χ1v) is 6.02. The van der Waals surface area contributed by atoms with Crippen molar-refractivity contribution in [1.29, 1.82) is 0 Å². The van der Waals surface area contributed by atoms with Gasteiger partial charge in [0.2, 0.25) is 0 Å². The zero-order valence-corrected chi connectivity index (χ0v) is 10.2. The van der Waals surface area contributed by atoms with E-state index in [9.17, 15) is 0 Å². The molecule has 0 aliphatic carbocycles. The van der Waals surface area contributed by atoms with E-state index < -0.39 is 0 Å². The highest BCUT2D eigenvalue weighted by Crippen LogP contribution is 2.22. The molecule has 2 aromatic rings. The van der Waals surface area contributed by atoms with Crippen molar-refractivity contribution in [1.82, 2.24) is 4.98 Å². The van der Waals surface area contributed by atoms with Crippen molar-refractivity contribution >= 4 is 16.6 Å². The number of benzene rings is 1. The van der Waals surface area contributed by atoms with E-state index in [1.807, 2.05) is 30.5 Å². The summed E-state index contributed by atoms with van der Waals surface area (Å²) in [4.78, 5) is 4.36. The molecule has 0 saturated heterocycles. The van der Waals surface area contributed by atoms with Crippen molar-refractivity contribution in [2.45, 2.75) is 25.8 Å². The molecule has 2 nitrogen and oxygen atoms in total. The number of aromatic nitrogens is 1. The van der Waals surface area contributed by atoms with Crippen LogP contribution in [-0.2, 0) is 0 Å². The summed E-state index contributed by atoms with van der Waals surface area (Å²) in [6.45, 7) is 5.94. The minimum absolute atomic E-state index is 0.443. The molecule has 0 aliphatic heterocycles. The van der Waals surface area contributed by atoms with Crippen molar-refractivity contribution in [3.8, 4) is 0 Å². The molecule has 0 aliphatic rings. The molecule has 1 aromatic carbocycles. The molecule has 0 amide bonds. The summed E-state index contributed by atoms with van der Waals surface area (Å²) in [5.41, 5.74) is 2.19. The Balaban J connectivity index is 2.20. The average molecular weight is 226 g/mol. The Labute approximate surface area is 102 Å². The van der Waals surface area contributed by atoms with Crippen molar-refractivity contribution in [3.05, 3.63) is 49.2 Å². The quantitative estimate of drug-likeness (QED) is 0.779. The second-order valence-corrected chi connectivity index (χ2v) is 4.29. The van der Waals surface area contributed by atoms with Gasteiger partial charge in [-0.25, -0.2) is 0 Å². The number of rotatable bonds is 5. The Hall–Kier alpha value is -1.83. The summed E-state index contributed by atoms with van der Waals surface area (Å²) >= 11 is 0. The largest absolute Gasteiger partial charge is 0.382 e. The fourth-order valence-electron chi connectivity index (χ4n) is 1.93. The molecule has 0 fully saturated rings. The van der Waals surface area contributed by atoms with Crippen molar-refractivity contribution in [2.24, 2.45) is 0 Å². The van der Waals surface area contributed by atoms with Gasteiger partial charge in [0.25, 0.3) is 0 Å². The SMILES string of the molecule is C=CCCC(C)Nc1cccc2ncccc12. The third kappa shape index (κ3) is 2.84. The topological polar surface area (TPSA) is 24.9 Å². The van der Waals surface area contributed by atoms with Gasteiger partial charge in [-0.05, 0) is 44.0 Å². The van der Waals surface area contributed by atoms with Crippen LogP contribution in [0.2, 0.25) is 0 Å². The van der Waals surface area contributed by atoms with E-state index in [0.29, 0.717) is 6.04 Å². The second kappa shape index (κ2) is 5.48. The molecule has 1 unspecified atom stereocenters. The van der Waals surface area contributed by atoms with Crippen LogP contribution in [-0.4, -0.2) is 11.0 Å². The first-order chi connectivity index (χ1) is 8.31. The summed E-state index contributed by atoms with van der Waals surface area (Å²) in [5, 5.41) is 4.71. The van der Waals surface area contributed by atoms with Gasteiger partial charge in [-0.15, -0.1) is 6.58 Å². The summed E-state index contributed by atoms with van der Waals surface area (Å²) < 4.78 is 0. The van der Waals surface area contributed by atoms with Crippen LogP contribution in [0.3, 0.4) is 0 Å². The fraction of sp³-hybridized carbons (Fsp3) is 0.267. The van der Waals surface area contributed by atoms with Gasteiger partial charge in [0.05, 0.1) is 5.52 Å². The lowest BCUT2D eigenvalue weighted by Crippen LogP contribution is -2.14. The van der Waals surface area contributed by atoms with Crippen molar-refractivity contribution in [3.63, 3.8) is 0 Å². The molecule has 0 spiro atoms. The maximum atomic E-state index is 4.36. The lowest BCUT2D eigenvalue weighted by Gasteiger charge is -2.15. The first kappa shape index (κ1) is 11.6. The smallest absolute Gasteiger partial charge is 0.0722 e. The maximum absolute atomic E-state index is 4.36. The monoisotopic (exact) mass is 226 g/mol. The molecule has 2 heteroatoms. The Bertz CT molecular complexity index is 500. The van der Waals surface area contributed by atoms with Gasteiger partial charge in [-0.3, -0.25) is 4.98 Å². The molecule has 1 heterocycles. The van der Waals surface area contributed by atoms with Crippen molar-refractivity contribution < 1.29 is 0 Å². The molecule has 2 rings (SSSR count). The zero-order chi connectivity index (χ0) is 12.1. The highest BCUT2D eigenvalue weighted by Gasteiger charge is 2.04. The lowest BCUT2D eigenvalue weighted by atomic mass is 10.1. The molecular formula is C15H18N2. The maximum Gasteiger partial charge on any atom is 0.0722 e. The van der Waals surface area contributed by atoms with E-state index in [0.717, 1.165) is 24.0 Å². The van der Waals surface area contributed by atoms with E-state index in [-0.39, 0.29) is 0 Å². The van der Waals surface area contributed by atoms with Gasteiger partial charge in [-0.2, -0.15) is 0 Å². The number of anilines is 1. The number of allylic oxidation sites excluding steroid dienone is 1. The molecule has 1 N–H and O–H groups in total. The highest BCUT2D eigenvalue weighted by molar-refractivity contribution is 5.91. The summed E-state index contributed by atoms with van der Waals surface area (Å²) in [5.74, 6) is 0. The van der Waals surface area contributed by atoms with Crippen molar-refractivity contribution in [2.75, 3.05) is 5.32 Å². The van der Waals surface area contributed by atoms with Crippen LogP contribution in [0.25, 0.3) is 10.9 Å². The van der Waals surface area contributed by atoms with E-state index >= 15 is 0 Å². The normalized spacial score (nSPS) is 12.3. The molecule has 1 aromatic heterocycles. The number of pyridine rings is 1. The Morgan fingerprint density at radius 2 is 2.24 bits per heavy atom. The van der Waals surface area contributed by atoms with Gasteiger partial charge in [0.1, 0.15) is 0 Å². The average Bonchev–Trinajstić information content (AvgIpc) is 2.37. The molecule has 0 radical (unpaired) electrons. The summed E-state index contributed by atoms with van der Waals surface area (Å²) in [6, 6.07) is 10.7. The number of fused-ring (bicyclic) bond motifs is 1. The third-order valence-electron chi connectivity index (χ3n) is 2.85. The number of nitrogens with zero attached hydrogens (tertiary/aromatic N) is 1. The highest BCUT2D eigenvalue weighted by atomic mass is 14.9. The van der Waals surface area contributed by atoms with Gasteiger partial charge < -0.3 is 5.32 Å². The van der Waals surface area contributed by atoms with E-state index in [4.69, 9.17) is 0 Å². The molecule has 0 saturated carbocycles. The molecule has 17 heavy (non-hydrogen) atoms. The molecule has 0 bridgehead atoms. The minimum Gasteiger partial charge on any atom is -0.382 e. The predicted octanol–water partition coefficient (Wildman–Crippen LogP) is 4.00. The summed E-state index contributed by atoms with van der Waals surface area (Å²) in [6.07, 6.45) is 5.92. The van der Waals surface area contributed by atoms with Gasteiger partial charge >= 0.3 is 0 Å². The van der Waals surface area contributed by atoms with E-state index in [2.05, 4.69) is 35.9 Å². The van der Waals surface area contributed by atoms with Crippen LogP contribution >= 0.6 is 0 Å². The van der Waals surface area contributed by atoms with Crippen LogP contribution in [0.15, 0.2) is 49.2 Å². The van der Waals surface area contributed by atoms with Crippen LogP contribution in [0.1, 0.15) is 19.8 Å². The predicted molar refractivity (Wildman–Crippen MR) is 74.3 cm³/mol. The number of hydrogen-bond donors (Lipinski definition) is 1. The zero-order valence-electron chi connectivity index (χ0n) is 10.2. The third-order valence-corrected chi connectivity index (χ3v) is 2.85. The Morgan fingerprint density at radius 3 is 3.06 bits per heavy atom. The Kier molecular flexibility index (Phi) is 3.76. The molecular weight excluding hydrogens is 208 g/mol. The lowest BCUT2D eigenvalue weighted by molar-refractivity contribution is 0.720. The number of hydrogen-bond acceptors (Lipinski definition) is 2. The van der Waals surface area contributed by atoms with E-state index in [1.165, 1.54) is 5.39 Å². The van der Waals surface area contributed by atoms with Crippen LogP contribution in [0.4, 0.5) is 5.69 Å². The molecule has 1 atom stereocenters. The van der Waals surface area contributed by atoms with Crippen LogP contribution in [0, 0.1) is 0 Å². The second-order valence-electron chi connectivity index (χ2n) is 4.29. The fourth-order valence-corrected chi connectivity index (χ4v) is 1.93. The first-order valence-electron chi connectivity index (χ1n) is 6.02. The molecule has 88 valence electrons. The van der Waals surface area contributed by atoms with Crippen LogP contribution < -0.4 is 5.32 Å². The van der Waals surface area contributed by atoms with E-state index in [1.54, 1.807) is 0 Å². The Morgan fingerprint density at radius 1 is 1.35 bits per heavy atom. The summed E-state index contributed by atoms with van der Waals surface area (Å²) in [7, 11) is 0. The van der Waals surface area contributed by atoms with Gasteiger partial charge in [0.15, 0.2) is 0 Å².